The molecular formula is C21H22N2O3. The number of anilines is 2. The van der Waals surface area contributed by atoms with Crippen LogP contribution in [0.15, 0.2) is 63.8 Å². The van der Waals surface area contributed by atoms with Crippen molar-refractivity contribution >= 4 is 28.3 Å². The number of carbonyl (C=O) groups is 1. The smallest absolute Gasteiger partial charge is 0.336 e. The lowest BCUT2D eigenvalue weighted by Gasteiger charge is -2.19. The highest BCUT2D eigenvalue weighted by Gasteiger charge is 2.08. The molecule has 0 saturated heterocycles. The summed E-state index contributed by atoms with van der Waals surface area (Å²) < 4.78 is 5.10. The molecule has 134 valence electrons. The molecule has 1 N–H and O–H groups in total. The quantitative estimate of drug-likeness (QED) is 0.674. The molecule has 0 aliphatic carbocycles. The average molecular weight is 350 g/mol. The summed E-state index contributed by atoms with van der Waals surface area (Å²) in [5.41, 5.74) is 2.45. The lowest BCUT2D eigenvalue weighted by Crippen LogP contribution is -2.18. The molecule has 1 heterocycles. The SMILES string of the molecule is CCCCN(C)c1ccc(C(=O)Nc2ccc3oc(=O)ccc3c2)cc1. The monoisotopic (exact) mass is 350 g/mol. The molecule has 0 aliphatic rings. The van der Waals surface area contributed by atoms with E-state index in [-0.39, 0.29) is 5.91 Å². The summed E-state index contributed by atoms with van der Waals surface area (Å²) in [7, 11) is 2.05. The van der Waals surface area contributed by atoms with Crippen molar-refractivity contribution in [3.8, 4) is 0 Å². The van der Waals surface area contributed by atoms with Crippen LogP contribution in [0.4, 0.5) is 11.4 Å². The number of amides is 1. The van der Waals surface area contributed by atoms with Gasteiger partial charge in [-0.15, -0.1) is 0 Å². The normalized spacial score (nSPS) is 10.7. The Balaban J connectivity index is 1.71. The molecule has 0 spiro atoms. The Labute approximate surface area is 152 Å². The van der Waals surface area contributed by atoms with Gasteiger partial charge < -0.3 is 14.6 Å². The Morgan fingerprint density at radius 2 is 1.85 bits per heavy atom. The number of unbranched alkanes of at least 4 members (excludes halogenated alkanes) is 1. The molecule has 3 aromatic rings. The number of benzene rings is 2. The molecule has 0 aliphatic heterocycles. The molecule has 0 unspecified atom stereocenters. The maximum atomic E-state index is 12.5. The van der Waals surface area contributed by atoms with E-state index in [0.717, 1.165) is 30.5 Å². The number of nitrogens with zero attached hydrogens (tertiary/aromatic N) is 1. The second-order valence-corrected chi connectivity index (χ2v) is 6.28. The zero-order valence-corrected chi connectivity index (χ0v) is 15.0. The van der Waals surface area contributed by atoms with E-state index in [4.69, 9.17) is 4.42 Å². The molecule has 5 nitrogen and oxygen atoms in total. The first-order chi connectivity index (χ1) is 12.6. The van der Waals surface area contributed by atoms with Gasteiger partial charge in [0.15, 0.2) is 0 Å². The minimum atomic E-state index is -0.390. The van der Waals surface area contributed by atoms with Crippen molar-refractivity contribution in [1.29, 1.82) is 0 Å². The second kappa shape index (κ2) is 7.87. The van der Waals surface area contributed by atoms with Crippen LogP contribution in [0.1, 0.15) is 30.1 Å². The number of carbonyl (C=O) groups excluding carboxylic acids is 1. The number of fused-ring (bicyclic) bond motifs is 1. The molecule has 0 bridgehead atoms. The van der Waals surface area contributed by atoms with E-state index in [9.17, 15) is 9.59 Å². The lowest BCUT2D eigenvalue weighted by molar-refractivity contribution is 0.102. The van der Waals surface area contributed by atoms with E-state index in [1.165, 1.54) is 6.07 Å². The summed E-state index contributed by atoms with van der Waals surface area (Å²) >= 11 is 0. The molecule has 5 heteroatoms. The van der Waals surface area contributed by atoms with Crippen LogP contribution in [0.2, 0.25) is 0 Å². The summed E-state index contributed by atoms with van der Waals surface area (Å²) in [6, 6.07) is 15.8. The van der Waals surface area contributed by atoms with E-state index in [0.29, 0.717) is 16.8 Å². The molecular weight excluding hydrogens is 328 g/mol. The number of nitrogens with one attached hydrogen (secondary N) is 1. The largest absolute Gasteiger partial charge is 0.423 e. The van der Waals surface area contributed by atoms with Crippen LogP contribution in [0.25, 0.3) is 11.0 Å². The van der Waals surface area contributed by atoms with Gasteiger partial charge in [0.1, 0.15) is 5.58 Å². The Morgan fingerprint density at radius 3 is 2.58 bits per heavy atom. The lowest BCUT2D eigenvalue weighted by atomic mass is 10.1. The molecule has 0 fully saturated rings. The highest BCUT2D eigenvalue weighted by Crippen LogP contribution is 2.19. The van der Waals surface area contributed by atoms with Crippen molar-refractivity contribution < 1.29 is 9.21 Å². The third-order valence-corrected chi connectivity index (χ3v) is 4.29. The topological polar surface area (TPSA) is 62.6 Å². The van der Waals surface area contributed by atoms with Crippen LogP contribution < -0.4 is 15.8 Å². The van der Waals surface area contributed by atoms with E-state index in [1.54, 1.807) is 24.3 Å². The fraction of sp³-hybridized carbons (Fsp3) is 0.238. The molecule has 3 rings (SSSR count). The molecule has 1 aromatic heterocycles. The van der Waals surface area contributed by atoms with Gasteiger partial charge in [0.2, 0.25) is 0 Å². The first-order valence-corrected chi connectivity index (χ1v) is 8.73. The van der Waals surface area contributed by atoms with Crippen molar-refractivity contribution in [2.45, 2.75) is 19.8 Å². The summed E-state index contributed by atoms with van der Waals surface area (Å²) in [5.74, 6) is -0.176. The highest BCUT2D eigenvalue weighted by molar-refractivity contribution is 6.05. The van der Waals surface area contributed by atoms with Crippen molar-refractivity contribution in [2.24, 2.45) is 0 Å². The fourth-order valence-electron chi connectivity index (χ4n) is 2.74. The van der Waals surface area contributed by atoms with Crippen LogP contribution in [0.3, 0.4) is 0 Å². The Morgan fingerprint density at radius 1 is 1.08 bits per heavy atom. The Bertz CT molecular complexity index is 961. The summed E-state index contributed by atoms with van der Waals surface area (Å²) in [5, 5.41) is 3.64. The highest BCUT2D eigenvalue weighted by atomic mass is 16.4. The van der Waals surface area contributed by atoms with Gasteiger partial charge in [-0.3, -0.25) is 4.79 Å². The van der Waals surface area contributed by atoms with Crippen LogP contribution >= 0.6 is 0 Å². The zero-order chi connectivity index (χ0) is 18.5. The standard InChI is InChI=1S/C21H22N2O3/c1-3-4-13-23(2)18-9-5-15(6-10-18)21(25)22-17-8-11-19-16(14-17)7-12-20(24)26-19/h5-12,14H,3-4,13H2,1-2H3,(H,22,25). The van der Waals surface area contributed by atoms with Gasteiger partial charge in [0.05, 0.1) is 0 Å². The molecule has 1 amide bonds. The fourth-order valence-corrected chi connectivity index (χ4v) is 2.74. The predicted molar refractivity (Wildman–Crippen MR) is 105 cm³/mol. The number of rotatable bonds is 6. The van der Waals surface area contributed by atoms with Gasteiger partial charge >= 0.3 is 5.63 Å². The minimum Gasteiger partial charge on any atom is -0.423 e. The van der Waals surface area contributed by atoms with Gasteiger partial charge in [-0.1, -0.05) is 13.3 Å². The Hall–Kier alpha value is -3.08. The van der Waals surface area contributed by atoms with Crippen LogP contribution in [0.5, 0.6) is 0 Å². The van der Waals surface area contributed by atoms with E-state index < -0.39 is 5.63 Å². The summed E-state index contributed by atoms with van der Waals surface area (Å²) in [4.78, 5) is 25.9. The van der Waals surface area contributed by atoms with Crippen LogP contribution in [0, 0.1) is 0 Å². The summed E-state index contributed by atoms with van der Waals surface area (Å²) in [6.45, 7) is 3.16. The number of hydrogen-bond donors (Lipinski definition) is 1. The van der Waals surface area contributed by atoms with Crippen molar-refractivity contribution in [1.82, 2.24) is 0 Å². The Kier molecular flexibility index (Phi) is 5.37. The van der Waals surface area contributed by atoms with Crippen LogP contribution in [-0.4, -0.2) is 19.5 Å². The third kappa shape index (κ3) is 4.11. The van der Waals surface area contributed by atoms with Crippen molar-refractivity contribution in [3.63, 3.8) is 0 Å². The zero-order valence-electron chi connectivity index (χ0n) is 15.0. The van der Waals surface area contributed by atoms with Gasteiger partial charge in [0.25, 0.3) is 5.91 Å². The van der Waals surface area contributed by atoms with Gasteiger partial charge in [0, 0.05) is 42.0 Å². The van der Waals surface area contributed by atoms with Gasteiger partial charge in [-0.2, -0.15) is 0 Å². The molecule has 0 radical (unpaired) electrons. The molecule has 2 aromatic carbocycles. The van der Waals surface area contributed by atoms with Gasteiger partial charge in [-0.25, -0.2) is 4.79 Å². The predicted octanol–water partition coefficient (Wildman–Crippen LogP) is 4.28. The first-order valence-electron chi connectivity index (χ1n) is 8.73. The second-order valence-electron chi connectivity index (χ2n) is 6.28. The molecule has 0 atom stereocenters. The number of hydrogen-bond acceptors (Lipinski definition) is 4. The van der Waals surface area contributed by atoms with E-state index in [2.05, 4.69) is 24.2 Å². The van der Waals surface area contributed by atoms with E-state index in [1.807, 2.05) is 24.3 Å². The summed E-state index contributed by atoms with van der Waals surface area (Å²) in [6.07, 6.45) is 2.29. The maximum Gasteiger partial charge on any atom is 0.336 e. The van der Waals surface area contributed by atoms with Crippen LogP contribution in [-0.2, 0) is 0 Å². The van der Waals surface area contributed by atoms with E-state index >= 15 is 0 Å². The van der Waals surface area contributed by atoms with Gasteiger partial charge in [-0.05, 0) is 55.0 Å². The maximum absolute atomic E-state index is 12.5. The molecule has 0 saturated carbocycles. The minimum absolute atomic E-state index is 0.176. The average Bonchev–Trinajstić information content (AvgIpc) is 2.66. The van der Waals surface area contributed by atoms with Crippen molar-refractivity contribution in [2.75, 3.05) is 23.8 Å². The van der Waals surface area contributed by atoms with Crippen molar-refractivity contribution in [3.05, 3.63) is 70.6 Å². The third-order valence-electron chi connectivity index (χ3n) is 4.29. The molecule has 26 heavy (non-hydrogen) atoms. The first kappa shape index (κ1) is 17.7.